The van der Waals surface area contributed by atoms with Crippen molar-refractivity contribution < 1.29 is 4.79 Å². The van der Waals surface area contributed by atoms with Crippen LogP contribution < -0.4 is 5.32 Å². The fraction of sp³-hybridized carbons (Fsp3) is 0.533. The monoisotopic (exact) mass is 280 g/mol. The van der Waals surface area contributed by atoms with E-state index in [1.807, 2.05) is 36.2 Å². The van der Waals surface area contributed by atoms with E-state index in [2.05, 4.69) is 12.2 Å². The number of nitrogens with zero attached hydrogens (tertiary/aromatic N) is 1. The zero-order valence-corrected chi connectivity index (χ0v) is 12.3. The molecule has 0 aromatic heterocycles. The lowest BCUT2D eigenvalue weighted by Gasteiger charge is -2.39. The van der Waals surface area contributed by atoms with Crippen LogP contribution in [0.1, 0.15) is 25.3 Å². The van der Waals surface area contributed by atoms with E-state index in [-0.39, 0.29) is 11.4 Å². The SMILES string of the molecule is CNC1(C)CCN(C(=O)Cc2cccc(Cl)c2)CC1. The molecule has 0 bridgehead atoms. The van der Waals surface area contributed by atoms with Crippen LogP contribution in [0.5, 0.6) is 0 Å². The molecule has 2 rings (SSSR count). The smallest absolute Gasteiger partial charge is 0.226 e. The topological polar surface area (TPSA) is 32.3 Å². The van der Waals surface area contributed by atoms with Gasteiger partial charge in [0.2, 0.25) is 5.91 Å². The molecule has 1 N–H and O–H groups in total. The molecule has 1 saturated heterocycles. The maximum absolute atomic E-state index is 12.2. The van der Waals surface area contributed by atoms with Gasteiger partial charge in [-0.2, -0.15) is 0 Å². The first-order chi connectivity index (χ1) is 9.02. The van der Waals surface area contributed by atoms with Crippen LogP contribution in [-0.4, -0.2) is 36.5 Å². The van der Waals surface area contributed by atoms with Gasteiger partial charge in [-0.1, -0.05) is 23.7 Å². The first kappa shape index (κ1) is 14.4. The van der Waals surface area contributed by atoms with Crippen LogP contribution in [0.4, 0.5) is 0 Å². The number of benzene rings is 1. The first-order valence-electron chi connectivity index (χ1n) is 6.73. The third-order valence-corrected chi connectivity index (χ3v) is 4.30. The highest BCUT2D eigenvalue weighted by Gasteiger charge is 2.30. The molecule has 0 saturated carbocycles. The Morgan fingerprint density at radius 2 is 2.11 bits per heavy atom. The van der Waals surface area contributed by atoms with Crippen LogP contribution in [-0.2, 0) is 11.2 Å². The number of amides is 1. The number of piperidine rings is 1. The van der Waals surface area contributed by atoms with Crippen LogP contribution >= 0.6 is 11.6 Å². The van der Waals surface area contributed by atoms with Gasteiger partial charge in [0, 0.05) is 23.7 Å². The molecule has 104 valence electrons. The maximum atomic E-state index is 12.2. The standard InChI is InChI=1S/C15H21ClN2O/c1-15(17-2)6-8-18(9-7-15)14(19)11-12-4-3-5-13(16)10-12/h3-5,10,17H,6-9,11H2,1-2H3. The number of carbonyl (C=O) groups excluding carboxylic acids is 1. The average Bonchev–Trinajstić information content (AvgIpc) is 2.39. The number of likely N-dealkylation sites (tertiary alicyclic amines) is 1. The van der Waals surface area contributed by atoms with Crippen molar-refractivity contribution in [1.29, 1.82) is 0 Å². The van der Waals surface area contributed by atoms with Gasteiger partial charge in [0.25, 0.3) is 0 Å². The highest BCUT2D eigenvalue weighted by atomic mass is 35.5. The second-order valence-corrected chi connectivity index (χ2v) is 5.93. The Balaban J connectivity index is 1.92. The predicted molar refractivity (Wildman–Crippen MR) is 78.4 cm³/mol. The fourth-order valence-corrected chi connectivity index (χ4v) is 2.65. The first-order valence-corrected chi connectivity index (χ1v) is 7.11. The zero-order valence-electron chi connectivity index (χ0n) is 11.6. The largest absolute Gasteiger partial charge is 0.342 e. The third-order valence-electron chi connectivity index (χ3n) is 4.07. The van der Waals surface area contributed by atoms with E-state index in [0.29, 0.717) is 11.4 Å². The molecule has 1 aromatic carbocycles. The van der Waals surface area contributed by atoms with Crippen molar-refractivity contribution in [2.24, 2.45) is 0 Å². The second kappa shape index (κ2) is 5.93. The van der Waals surface area contributed by atoms with Crippen LogP contribution in [0.2, 0.25) is 5.02 Å². The number of nitrogens with one attached hydrogen (secondary N) is 1. The molecule has 19 heavy (non-hydrogen) atoms. The summed E-state index contributed by atoms with van der Waals surface area (Å²) in [4.78, 5) is 14.2. The van der Waals surface area contributed by atoms with E-state index in [4.69, 9.17) is 11.6 Å². The molecule has 4 heteroatoms. The minimum Gasteiger partial charge on any atom is -0.342 e. The van der Waals surface area contributed by atoms with Crippen LogP contribution in [0.25, 0.3) is 0 Å². The van der Waals surface area contributed by atoms with Gasteiger partial charge in [0.05, 0.1) is 6.42 Å². The second-order valence-electron chi connectivity index (χ2n) is 5.50. The summed E-state index contributed by atoms with van der Waals surface area (Å²) in [5.74, 6) is 0.195. The Morgan fingerprint density at radius 1 is 1.42 bits per heavy atom. The van der Waals surface area contributed by atoms with E-state index >= 15 is 0 Å². The van der Waals surface area contributed by atoms with Gasteiger partial charge in [-0.05, 0) is 44.5 Å². The van der Waals surface area contributed by atoms with E-state index in [1.54, 1.807) is 0 Å². The quantitative estimate of drug-likeness (QED) is 0.923. The fourth-order valence-electron chi connectivity index (χ4n) is 2.43. The molecule has 0 unspecified atom stereocenters. The van der Waals surface area contributed by atoms with Gasteiger partial charge in [0.15, 0.2) is 0 Å². The predicted octanol–water partition coefficient (Wildman–Crippen LogP) is 2.48. The van der Waals surface area contributed by atoms with Gasteiger partial charge in [-0.3, -0.25) is 4.79 Å². The van der Waals surface area contributed by atoms with Gasteiger partial charge in [0.1, 0.15) is 0 Å². The van der Waals surface area contributed by atoms with E-state index in [1.165, 1.54) is 0 Å². The molecule has 3 nitrogen and oxygen atoms in total. The molecule has 1 heterocycles. The van der Waals surface area contributed by atoms with E-state index in [0.717, 1.165) is 31.5 Å². The van der Waals surface area contributed by atoms with Crippen molar-refractivity contribution in [2.45, 2.75) is 31.7 Å². The number of rotatable bonds is 3. The Kier molecular flexibility index (Phi) is 4.48. The lowest BCUT2D eigenvalue weighted by molar-refractivity contribution is -0.132. The van der Waals surface area contributed by atoms with Crippen molar-refractivity contribution in [3.63, 3.8) is 0 Å². The minimum atomic E-state index is 0.173. The van der Waals surface area contributed by atoms with Crippen LogP contribution in [0, 0.1) is 0 Å². The lowest BCUT2D eigenvalue weighted by Crippen LogP contribution is -2.51. The van der Waals surface area contributed by atoms with E-state index in [9.17, 15) is 4.79 Å². The van der Waals surface area contributed by atoms with Crippen molar-refractivity contribution in [1.82, 2.24) is 10.2 Å². The molecule has 1 amide bonds. The van der Waals surface area contributed by atoms with Crippen molar-refractivity contribution in [3.8, 4) is 0 Å². The molecule has 0 atom stereocenters. The molecule has 0 aliphatic carbocycles. The minimum absolute atomic E-state index is 0.173. The van der Waals surface area contributed by atoms with Crippen molar-refractivity contribution in [3.05, 3.63) is 34.9 Å². The average molecular weight is 281 g/mol. The molecular weight excluding hydrogens is 260 g/mol. The zero-order chi connectivity index (χ0) is 13.9. The molecular formula is C15H21ClN2O. The third kappa shape index (κ3) is 3.71. The normalized spacial score (nSPS) is 18.4. The highest BCUT2D eigenvalue weighted by Crippen LogP contribution is 2.22. The summed E-state index contributed by atoms with van der Waals surface area (Å²) in [5.41, 5.74) is 1.16. The number of hydrogen-bond donors (Lipinski definition) is 1. The molecule has 0 radical (unpaired) electrons. The summed E-state index contributed by atoms with van der Waals surface area (Å²) in [5, 5.41) is 4.03. The molecule has 1 aromatic rings. The van der Waals surface area contributed by atoms with Gasteiger partial charge in [-0.15, -0.1) is 0 Å². The Morgan fingerprint density at radius 3 is 2.68 bits per heavy atom. The summed E-state index contributed by atoms with van der Waals surface area (Å²) in [6.45, 7) is 3.87. The highest BCUT2D eigenvalue weighted by molar-refractivity contribution is 6.30. The van der Waals surface area contributed by atoms with Crippen molar-refractivity contribution >= 4 is 17.5 Å². The molecule has 1 aliphatic rings. The molecule has 0 spiro atoms. The summed E-state index contributed by atoms with van der Waals surface area (Å²) >= 11 is 5.94. The Labute approximate surface area is 119 Å². The summed E-state index contributed by atoms with van der Waals surface area (Å²) in [6, 6.07) is 7.53. The summed E-state index contributed by atoms with van der Waals surface area (Å²) in [7, 11) is 1.99. The van der Waals surface area contributed by atoms with Gasteiger partial charge >= 0.3 is 0 Å². The number of halogens is 1. The van der Waals surface area contributed by atoms with Crippen LogP contribution in [0.3, 0.4) is 0 Å². The molecule has 1 aliphatic heterocycles. The maximum Gasteiger partial charge on any atom is 0.226 e. The summed E-state index contributed by atoms with van der Waals surface area (Å²) < 4.78 is 0. The number of hydrogen-bond acceptors (Lipinski definition) is 2. The summed E-state index contributed by atoms with van der Waals surface area (Å²) in [6.07, 6.45) is 2.45. The van der Waals surface area contributed by atoms with Crippen LogP contribution in [0.15, 0.2) is 24.3 Å². The molecule has 1 fully saturated rings. The Bertz CT molecular complexity index is 453. The number of carbonyl (C=O) groups is 1. The lowest BCUT2D eigenvalue weighted by atomic mass is 9.89. The van der Waals surface area contributed by atoms with E-state index < -0.39 is 0 Å². The van der Waals surface area contributed by atoms with Crippen molar-refractivity contribution in [2.75, 3.05) is 20.1 Å². The van der Waals surface area contributed by atoms with Gasteiger partial charge < -0.3 is 10.2 Å². The Hall–Kier alpha value is -1.06. The van der Waals surface area contributed by atoms with Gasteiger partial charge in [-0.25, -0.2) is 0 Å².